The van der Waals surface area contributed by atoms with Gasteiger partial charge in [-0.25, -0.2) is 0 Å². The first-order valence-corrected chi connectivity index (χ1v) is 13.2. The van der Waals surface area contributed by atoms with Gasteiger partial charge in [-0.3, -0.25) is 9.71 Å². The Morgan fingerprint density at radius 3 is 2.11 bits per heavy atom. The van der Waals surface area contributed by atoms with Crippen LogP contribution in [0.1, 0.15) is 50.5 Å². The van der Waals surface area contributed by atoms with Gasteiger partial charge in [-0.1, -0.05) is 48.5 Å². The lowest BCUT2D eigenvalue weighted by atomic mass is 9.94. The van der Waals surface area contributed by atoms with Gasteiger partial charge < -0.3 is 10.4 Å². The molecule has 8 heteroatoms. The Hall–Kier alpha value is -2.78. The van der Waals surface area contributed by atoms with Crippen LogP contribution >= 0.6 is 0 Å². The van der Waals surface area contributed by atoms with Gasteiger partial charge in [0.05, 0.1) is 6.10 Å². The molecular formula is C27H36N4O3S. The number of rotatable bonds is 12. The normalized spacial score (nSPS) is 13.4. The van der Waals surface area contributed by atoms with Gasteiger partial charge in [0.2, 0.25) is 0 Å². The van der Waals surface area contributed by atoms with E-state index in [1.54, 1.807) is 30.6 Å². The van der Waals surface area contributed by atoms with E-state index in [0.717, 1.165) is 16.7 Å². The Morgan fingerprint density at radius 2 is 1.49 bits per heavy atom. The van der Waals surface area contributed by atoms with E-state index >= 15 is 0 Å². The summed E-state index contributed by atoms with van der Waals surface area (Å²) in [6, 6.07) is 20.8. The lowest BCUT2D eigenvalue weighted by Gasteiger charge is -2.28. The molecule has 7 nitrogen and oxygen atoms in total. The zero-order chi connectivity index (χ0) is 25.5. The largest absolute Gasteiger partial charge is 0.387 e. The summed E-state index contributed by atoms with van der Waals surface area (Å²) < 4.78 is 30.8. The number of nitrogens with zero attached hydrogens (tertiary/aromatic N) is 1. The van der Waals surface area contributed by atoms with Crippen molar-refractivity contribution in [2.24, 2.45) is 0 Å². The van der Waals surface area contributed by atoms with Gasteiger partial charge in [0.1, 0.15) is 0 Å². The maximum absolute atomic E-state index is 12.7. The van der Waals surface area contributed by atoms with Crippen molar-refractivity contribution in [3.8, 4) is 0 Å². The minimum Gasteiger partial charge on any atom is -0.387 e. The molecule has 0 fully saturated rings. The highest BCUT2D eigenvalue weighted by molar-refractivity contribution is 7.90. The molecule has 3 rings (SSSR count). The van der Waals surface area contributed by atoms with Crippen LogP contribution < -0.4 is 14.8 Å². The number of benzene rings is 2. The molecule has 0 aliphatic heterocycles. The number of aliphatic hydroxyl groups is 1. The first-order valence-electron chi connectivity index (χ1n) is 11.7. The first kappa shape index (κ1) is 26.8. The van der Waals surface area contributed by atoms with Crippen LogP contribution in [0.4, 0.5) is 5.69 Å². The summed E-state index contributed by atoms with van der Waals surface area (Å²) >= 11 is 0. The second-order valence-electron chi connectivity index (χ2n) is 10.2. The number of pyridine rings is 1. The van der Waals surface area contributed by atoms with Crippen LogP contribution in [0.2, 0.25) is 0 Å². The van der Waals surface area contributed by atoms with Crippen LogP contribution in [0.25, 0.3) is 0 Å². The van der Waals surface area contributed by atoms with Crippen molar-refractivity contribution >= 4 is 15.9 Å². The van der Waals surface area contributed by atoms with Crippen molar-refractivity contribution < 1.29 is 13.5 Å². The quantitative estimate of drug-likeness (QED) is 0.304. The van der Waals surface area contributed by atoms with Crippen LogP contribution in [0, 0.1) is 0 Å². The van der Waals surface area contributed by atoms with Gasteiger partial charge in [-0.15, -0.1) is 0 Å². The van der Waals surface area contributed by atoms with Crippen LogP contribution in [0.15, 0.2) is 79.1 Å². The summed E-state index contributed by atoms with van der Waals surface area (Å²) in [6.07, 6.45) is 3.99. The molecule has 0 amide bonds. The lowest BCUT2D eigenvalue weighted by molar-refractivity contribution is 0.160. The van der Waals surface area contributed by atoms with Crippen LogP contribution in [-0.4, -0.2) is 36.1 Å². The van der Waals surface area contributed by atoms with Crippen molar-refractivity contribution in [1.29, 1.82) is 0 Å². The maximum atomic E-state index is 12.7. The summed E-state index contributed by atoms with van der Waals surface area (Å²) in [7, 11) is -3.75. The van der Waals surface area contributed by atoms with Gasteiger partial charge >= 0.3 is 0 Å². The maximum Gasteiger partial charge on any atom is 0.299 e. The predicted octanol–water partition coefficient (Wildman–Crippen LogP) is 3.99. The number of hydrogen-bond donors (Lipinski definition) is 4. The van der Waals surface area contributed by atoms with E-state index in [9.17, 15) is 13.5 Å². The van der Waals surface area contributed by atoms with E-state index in [1.165, 1.54) is 0 Å². The molecule has 35 heavy (non-hydrogen) atoms. The van der Waals surface area contributed by atoms with E-state index in [2.05, 4.69) is 33.6 Å². The van der Waals surface area contributed by atoms with Gasteiger partial charge in [0.25, 0.3) is 10.2 Å². The average Bonchev–Trinajstić information content (AvgIpc) is 2.78. The zero-order valence-corrected chi connectivity index (χ0v) is 21.6. The second-order valence-corrected chi connectivity index (χ2v) is 11.6. The summed E-state index contributed by atoms with van der Waals surface area (Å²) in [4.78, 5) is 4.05. The molecule has 1 heterocycles. The highest BCUT2D eigenvalue weighted by Crippen LogP contribution is 2.19. The number of aromatic nitrogens is 1. The SMILES string of the molecule is CC(C)(Cc1ccc(NS(=O)(=O)NC(C)(C)Cc2ccccc2)cc1)NC[C@H](O)c1cccnc1. The molecule has 0 aliphatic carbocycles. The Balaban J connectivity index is 1.53. The van der Waals surface area contributed by atoms with Gasteiger partial charge in [-0.2, -0.15) is 13.1 Å². The van der Waals surface area contributed by atoms with Crippen molar-refractivity contribution in [2.45, 2.75) is 57.7 Å². The molecule has 0 saturated carbocycles. The summed E-state index contributed by atoms with van der Waals surface area (Å²) in [5, 5.41) is 13.8. The monoisotopic (exact) mass is 496 g/mol. The standard InChI is InChI=1S/C27H36N4O3S/c1-26(2,29-20-25(32)23-11-8-16-28-19-23)17-22-12-14-24(15-13-22)30-35(33,34)31-27(3,4)18-21-9-6-5-7-10-21/h5-16,19,25,29-32H,17-18,20H2,1-4H3/t25-/m0/s1. The summed E-state index contributed by atoms with van der Waals surface area (Å²) in [5.41, 5.74) is 2.46. The Morgan fingerprint density at radius 1 is 0.857 bits per heavy atom. The van der Waals surface area contributed by atoms with Crippen molar-refractivity contribution in [3.63, 3.8) is 0 Å². The highest BCUT2D eigenvalue weighted by atomic mass is 32.2. The highest BCUT2D eigenvalue weighted by Gasteiger charge is 2.25. The van der Waals surface area contributed by atoms with Crippen LogP contribution in [0.3, 0.4) is 0 Å². The van der Waals surface area contributed by atoms with E-state index in [4.69, 9.17) is 0 Å². The van der Waals surface area contributed by atoms with Gasteiger partial charge in [0.15, 0.2) is 0 Å². The minimum atomic E-state index is -3.75. The molecule has 1 atom stereocenters. The molecule has 3 aromatic rings. The summed E-state index contributed by atoms with van der Waals surface area (Å²) in [5.74, 6) is 0. The van der Waals surface area contributed by atoms with Crippen LogP contribution in [-0.2, 0) is 23.1 Å². The van der Waals surface area contributed by atoms with E-state index in [-0.39, 0.29) is 5.54 Å². The van der Waals surface area contributed by atoms with Crippen molar-refractivity contribution in [1.82, 2.24) is 15.0 Å². The molecule has 0 saturated heterocycles. The molecule has 1 aromatic heterocycles. The van der Waals surface area contributed by atoms with Crippen molar-refractivity contribution in [2.75, 3.05) is 11.3 Å². The third kappa shape index (κ3) is 9.07. The fourth-order valence-electron chi connectivity index (χ4n) is 4.01. The van der Waals surface area contributed by atoms with E-state index in [0.29, 0.717) is 25.1 Å². The second kappa shape index (κ2) is 11.3. The molecule has 0 bridgehead atoms. The zero-order valence-electron chi connectivity index (χ0n) is 20.8. The smallest absolute Gasteiger partial charge is 0.299 e. The third-order valence-corrected chi connectivity index (χ3v) is 6.92. The number of β-amino-alcohol motifs (C(OH)–C–C–N with tert-alkyl or cyclic N) is 1. The molecule has 2 aromatic carbocycles. The van der Waals surface area contributed by atoms with Gasteiger partial charge in [-0.05, 0) is 69.9 Å². The van der Waals surface area contributed by atoms with E-state index < -0.39 is 21.9 Å². The molecule has 0 unspecified atom stereocenters. The lowest BCUT2D eigenvalue weighted by Crippen LogP contribution is -2.47. The molecule has 188 valence electrons. The Kier molecular flexibility index (Phi) is 8.66. The fraction of sp³-hybridized carbons (Fsp3) is 0.370. The van der Waals surface area contributed by atoms with Crippen molar-refractivity contribution in [3.05, 3.63) is 95.8 Å². The first-order chi connectivity index (χ1) is 16.4. The fourth-order valence-corrected chi connectivity index (χ4v) is 5.31. The predicted molar refractivity (Wildman–Crippen MR) is 141 cm³/mol. The number of hydrogen-bond acceptors (Lipinski definition) is 5. The van der Waals surface area contributed by atoms with Crippen LogP contribution in [0.5, 0.6) is 0 Å². The van der Waals surface area contributed by atoms with Gasteiger partial charge in [0, 0.05) is 41.3 Å². The average molecular weight is 497 g/mol. The molecule has 0 spiro atoms. The number of anilines is 1. The molecule has 0 aliphatic rings. The topological polar surface area (TPSA) is 103 Å². The molecule has 4 N–H and O–H groups in total. The number of aliphatic hydroxyl groups excluding tert-OH is 1. The summed E-state index contributed by atoms with van der Waals surface area (Å²) in [6.45, 7) is 8.27. The Labute approximate surface area is 209 Å². The van der Waals surface area contributed by atoms with E-state index in [1.807, 2.05) is 62.4 Å². The molecular weight excluding hydrogens is 460 g/mol. The third-order valence-electron chi connectivity index (χ3n) is 5.59. The molecule has 0 radical (unpaired) electrons. The number of nitrogens with one attached hydrogen (secondary N) is 3. The Bertz CT molecular complexity index is 1170. The minimum absolute atomic E-state index is 0.271.